The molecule has 0 heterocycles. The topological polar surface area (TPSA) is 111 Å². The van der Waals surface area contributed by atoms with Gasteiger partial charge >= 0.3 is 5.69 Å². The van der Waals surface area contributed by atoms with E-state index in [0.29, 0.717) is 18.7 Å². The first-order chi connectivity index (χ1) is 9.58. The number of carbonyl (C=O) groups excluding carboxylic acids is 1. The normalized spacial score (nSPS) is 10.1. The van der Waals surface area contributed by atoms with Crippen LogP contribution in [0, 0.1) is 10.1 Å². The molecule has 0 atom stereocenters. The van der Waals surface area contributed by atoms with Crippen LogP contribution >= 0.6 is 0 Å². The van der Waals surface area contributed by atoms with Gasteiger partial charge in [-0.25, -0.2) is 0 Å². The fourth-order valence-corrected chi connectivity index (χ4v) is 1.41. The molecule has 0 spiro atoms. The summed E-state index contributed by atoms with van der Waals surface area (Å²) in [6.45, 7) is 0.0805. The van der Waals surface area contributed by atoms with Gasteiger partial charge in [-0.1, -0.05) is 0 Å². The van der Waals surface area contributed by atoms with E-state index in [2.05, 4.69) is 5.32 Å². The fourth-order valence-electron chi connectivity index (χ4n) is 1.41. The molecule has 1 aromatic carbocycles. The molecule has 0 bridgehead atoms. The highest BCUT2D eigenvalue weighted by Crippen LogP contribution is 2.27. The Labute approximate surface area is 115 Å². The van der Waals surface area contributed by atoms with Crippen molar-refractivity contribution >= 4 is 11.6 Å². The molecular formula is C12H16N2O6. The van der Waals surface area contributed by atoms with Crippen molar-refractivity contribution in [3.63, 3.8) is 0 Å². The molecule has 0 fully saturated rings. The van der Waals surface area contributed by atoms with Crippen LogP contribution in [-0.4, -0.2) is 42.8 Å². The number of nitrogens with zero attached hydrogens (tertiary/aromatic N) is 1. The van der Waals surface area contributed by atoms with E-state index < -0.39 is 10.8 Å². The van der Waals surface area contributed by atoms with Gasteiger partial charge in [-0.05, 0) is 17.7 Å². The number of nitro benzene ring substituents is 1. The summed E-state index contributed by atoms with van der Waals surface area (Å²) in [6, 6.07) is 3.98. The Morgan fingerprint density at radius 2 is 2.25 bits per heavy atom. The standard InChI is InChI=1S/C12H16N2O6/c1-19-5-4-13-12(16)8-20-11-6-9(7-15)2-3-10(11)14(17)18/h2-3,6,15H,4-5,7-8H2,1H3,(H,13,16). The van der Waals surface area contributed by atoms with Gasteiger partial charge in [0.1, 0.15) is 0 Å². The maximum atomic E-state index is 11.4. The van der Waals surface area contributed by atoms with Crippen molar-refractivity contribution in [3.8, 4) is 5.75 Å². The third kappa shape index (κ3) is 4.82. The first kappa shape index (κ1) is 15.9. The zero-order valence-electron chi connectivity index (χ0n) is 11.0. The summed E-state index contributed by atoms with van der Waals surface area (Å²) in [6.07, 6.45) is 0. The van der Waals surface area contributed by atoms with E-state index >= 15 is 0 Å². The molecule has 2 N–H and O–H groups in total. The number of rotatable bonds is 8. The second-order valence-corrected chi connectivity index (χ2v) is 3.85. The lowest BCUT2D eigenvalue weighted by Crippen LogP contribution is -2.31. The van der Waals surface area contributed by atoms with E-state index in [4.69, 9.17) is 14.6 Å². The van der Waals surface area contributed by atoms with Gasteiger partial charge in [0.25, 0.3) is 5.91 Å². The molecule has 0 saturated carbocycles. The van der Waals surface area contributed by atoms with Crippen molar-refractivity contribution < 1.29 is 24.3 Å². The molecule has 0 aliphatic carbocycles. The average Bonchev–Trinajstić information content (AvgIpc) is 2.44. The molecule has 1 rings (SSSR count). The summed E-state index contributed by atoms with van der Waals surface area (Å²) in [5.41, 5.74) is 0.206. The zero-order valence-corrected chi connectivity index (χ0v) is 11.0. The van der Waals surface area contributed by atoms with Crippen molar-refractivity contribution in [2.45, 2.75) is 6.61 Å². The SMILES string of the molecule is COCCNC(=O)COc1cc(CO)ccc1[N+](=O)[O-]. The summed E-state index contributed by atoms with van der Waals surface area (Å²) in [5.74, 6) is -0.464. The van der Waals surface area contributed by atoms with Crippen LogP contribution in [0.25, 0.3) is 0 Å². The van der Waals surface area contributed by atoms with E-state index in [1.165, 1.54) is 25.3 Å². The number of methoxy groups -OCH3 is 1. The number of aliphatic hydroxyl groups excluding tert-OH is 1. The van der Waals surface area contributed by atoms with Crippen LogP contribution in [0.5, 0.6) is 5.75 Å². The Balaban J connectivity index is 2.65. The Kier molecular flexibility index (Phi) is 6.41. The molecule has 110 valence electrons. The minimum Gasteiger partial charge on any atom is -0.477 e. The molecule has 20 heavy (non-hydrogen) atoms. The largest absolute Gasteiger partial charge is 0.477 e. The number of hydrogen-bond donors (Lipinski definition) is 2. The van der Waals surface area contributed by atoms with E-state index in [1.807, 2.05) is 0 Å². The Morgan fingerprint density at radius 1 is 1.50 bits per heavy atom. The number of nitrogens with one attached hydrogen (secondary N) is 1. The lowest BCUT2D eigenvalue weighted by Gasteiger charge is -2.08. The maximum Gasteiger partial charge on any atom is 0.310 e. The Hall–Kier alpha value is -2.19. The van der Waals surface area contributed by atoms with E-state index in [-0.39, 0.29) is 24.7 Å². The van der Waals surface area contributed by atoms with Crippen molar-refractivity contribution in [2.24, 2.45) is 0 Å². The van der Waals surface area contributed by atoms with Crippen LogP contribution in [0.4, 0.5) is 5.69 Å². The number of hydrogen-bond acceptors (Lipinski definition) is 6. The summed E-state index contributed by atoms with van der Waals surface area (Å²) >= 11 is 0. The van der Waals surface area contributed by atoms with Gasteiger partial charge in [-0.15, -0.1) is 0 Å². The monoisotopic (exact) mass is 284 g/mol. The van der Waals surface area contributed by atoms with E-state index in [1.54, 1.807) is 0 Å². The predicted molar refractivity (Wildman–Crippen MR) is 69.4 cm³/mol. The molecule has 1 aromatic rings. The minimum atomic E-state index is -0.612. The molecule has 0 aromatic heterocycles. The highest BCUT2D eigenvalue weighted by Gasteiger charge is 2.16. The van der Waals surface area contributed by atoms with Gasteiger partial charge < -0.3 is 19.9 Å². The summed E-state index contributed by atoms with van der Waals surface area (Å²) in [5, 5.41) is 22.3. The lowest BCUT2D eigenvalue weighted by atomic mass is 10.2. The van der Waals surface area contributed by atoms with Crippen molar-refractivity contribution in [3.05, 3.63) is 33.9 Å². The zero-order chi connectivity index (χ0) is 15.0. The number of ether oxygens (including phenoxy) is 2. The van der Waals surface area contributed by atoms with Crippen molar-refractivity contribution in [1.29, 1.82) is 0 Å². The van der Waals surface area contributed by atoms with Crippen LogP contribution in [0.2, 0.25) is 0 Å². The van der Waals surface area contributed by atoms with Gasteiger partial charge in [0.15, 0.2) is 12.4 Å². The molecule has 8 nitrogen and oxygen atoms in total. The highest BCUT2D eigenvalue weighted by molar-refractivity contribution is 5.77. The first-order valence-corrected chi connectivity index (χ1v) is 5.85. The molecule has 0 aliphatic rings. The quantitative estimate of drug-likeness (QED) is 0.401. The molecule has 8 heteroatoms. The van der Waals surface area contributed by atoms with Crippen LogP contribution in [0.1, 0.15) is 5.56 Å². The highest BCUT2D eigenvalue weighted by atomic mass is 16.6. The van der Waals surface area contributed by atoms with Crippen LogP contribution < -0.4 is 10.1 Å². The van der Waals surface area contributed by atoms with Gasteiger partial charge in [-0.3, -0.25) is 14.9 Å². The van der Waals surface area contributed by atoms with Crippen molar-refractivity contribution in [1.82, 2.24) is 5.32 Å². The molecule has 0 aliphatic heterocycles. The number of amides is 1. The minimum absolute atomic E-state index is 0.0524. The van der Waals surface area contributed by atoms with Gasteiger partial charge in [0.2, 0.25) is 0 Å². The smallest absolute Gasteiger partial charge is 0.310 e. The number of aliphatic hydroxyl groups is 1. The van der Waals surface area contributed by atoms with E-state index in [9.17, 15) is 14.9 Å². The van der Waals surface area contributed by atoms with Crippen LogP contribution in [-0.2, 0) is 16.1 Å². The third-order valence-electron chi connectivity index (χ3n) is 2.39. The van der Waals surface area contributed by atoms with Crippen molar-refractivity contribution in [2.75, 3.05) is 26.9 Å². The number of carbonyl (C=O) groups is 1. The van der Waals surface area contributed by atoms with Crippen LogP contribution in [0.15, 0.2) is 18.2 Å². The first-order valence-electron chi connectivity index (χ1n) is 5.85. The van der Waals surface area contributed by atoms with E-state index in [0.717, 1.165) is 0 Å². The average molecular weight is 284 g/mol. The second-order valence-electron chi connectivity index (χ2n) is 3.85. The van der Waals surface area contributed by atoms with Gasteiger partial charge in [0.05, 0.1) is 18.1 Å². The number of benzene rings is 1. The fraction of sp³-hybridized carbons (Fsp3) is 0.417. The number of nitro groups is 1. The second kappa shape index (κ2) is 8.08. The molecule has 0 unspecified atom stereocenters. The van der Waals surface area contributed by atoms with Gasteiger partial charge in [-0.2, -0.15) is 0 Å². The molecular weight excluding hydrogens is 268 g/mol. The third-order valence-corrected chi connectivity index (χ3v) is 2.39. The summed E-state index contributed by atoms with van der Waals surface area (Å²) < 4.78 is 9.89. The lowest BCUT2D eigenvalue weighted by molar-refractivity contribution is -0.385. The Morgan fingerprint density at radius 3 is 2.85 bits per heavy atom. The molecule has 1 amide bonds. The Bertz CT molecular complexity index is 477. The van der Waals surface area contributed by atoms with Gasteiger partial charge in [0, 0.05) is 19.7 Å². The predicted octanol–water partition coefficient (Wildman–Crippen LogP) is 0.228. The van der Waals surface area contributed by atoms with Crippen LogP contribution in [0.3, 0.4) is 0 Å². The molecule has 0 radical (unpaired) electrons. The summed E-state index contributed by atoms with van der Waals surface area (Å²) in [4.78, 5) is 21.6. The summed E-state index contributed by atoms with van der Waals surface area (Å²) in [7, 11) is 1.51. The maximum absolute atomic E-state index is 11.4. The molecule has 0 saturated heterocycles.